The van der Waals surface area contributed by atoms with Gasteiger partial charge in [-0.05, 0) is 30.5 Å². The van der Waals surface area contributed by atoms with Gasteiger partial charge in [0.15, 0.2) is 0 Å². The molecule has 0 bridgehead atoms. The zero-order chi connectivity index (χ0) is 16.7. The lowest BCUT2D eigenvalue weighted by atomic mass is 10.1. The second-order valence-corrected chi connectivity index (χ2v) is 8.39. The molecule has 1 aromatic heterocycles. The van der Waals surface area contributed by atoms with E-state index in [2.05, 4.69) is 4.98 Å². The van der Waals surface area contributed by atoms with Crippen molar-refractivity contribution in [3.05, 3.63) is 40.8 Å². The highest BCUT2D eigenvalue weighted by Crippen LogP contribution is 2.45. The van der Waals surface area contributed by atoms with E-state index in [4.69, 9.17) is 5.73 Å². The van der Waals surface area contributed by atoms with Crippen LogP contribution >= 0.6 is 23.1 Å². The minimum atomic E-state index is -0.302. The Labute approximate surface area is 148 Å². The molecule has 1 aliphatic heterocycles. The van der Waals surface area contributed by atoms with Crippen LogP contribution in [0.5, 0.6) is 0 Å². The maximum absolute atomic E-state index is 13.6. The fourth-order valence-electron chi connectivity index (χ4n) is 2.90. The number of carbonyl (C=O) groups is 1. The molecule has 2 N–H and O–H groups in total. The van der Waals surface area contributed by atoms with Gasteiger partial charge in [0.1, 0.15) is 11.5 Å². The van der Waals surface area contributed by atoms with Gasteiger partial charge in [-0.15, -0.1) is 23.1 Å². The lowest BCUT2D eigenvalue weighted by molar-refractivity contribution is 0.0759. The van der Waals surface area contributed by atoms with Crippen molar-refractivity contribution in [2.75, 3.05) is 18.8 Å². The lowest BCUT2D eigenvalue weighted by Crippen LogP contribution is -2.39. The number of hydrogen-bond acceptors (Lipinski definition) is 5. The molecule has 2 aromatic rings. The molecule has 1 aliphatic carbocycles. The van der Waals surface area contributed by atoms with Gasteiger partial charge in [-0.25, -0.2) is 9.37 Å². The monoisotopic (exact) mass is 363 g/mol. The smallest absolute Gasteiger partial charge is 0.274 e. The molecule has 1 amide bonds. The van der Waals surface area contributed by atoms with Gasteiger partial charge in [0.25, 0.3) is 5.91 Å². The number of nitrogens with two attached hydrogens (primary N) is 1. The summed E-state index contributed by atoms with van der Waals surface area (Å²) in [4.78, 5) is 20.3. The molecule has 126 valence electrons. The lowest BCUT2D eigenvalue weighted by Gasteiger charge is -2.22. The molecule has 1 saturated heterocycles. The molecule has 4 nitrogen and oxygen atoms in total. The van der Waals surface area contributed by atoms with Crippen molar-refractivity contribution >= 4 is 29.0 Å². The number of hydrogen-bond donors (Lipinski definition) is 1. The van der Waals surface area contributed by atoms with Crippen molar-refractivity contribution in [2.24, 2.45) is 5.73 Å². The number of nitrogens with zero attached hydrogens (tertiary/aromatic N) is 2. The average Bonchev–Trinajstić information content (AvgIpc) is 3.17. The Hall–Kier alpha value is -1.44. The molecular weight excluding hydrogens is 345 g/mol. The number of halogens is 1. The van der Waals surface area contributed by atoms with Crippen LogP contribution in [0.15, 0.2) is 24.3 Å². The van der Waals surface area contributed by atoms with E-state index in [1.54, 1.807) is 22.7 Å². The van der Waals surface area contributed by atoms with Gasteiger partial charge >= 0.3 is 0 Å². The maximum atomic E-state index is 13.6. The van der Waals surface area contributed by atoms with Gasteiger partial charge in [0.2, 0.25) is 0 Å². The number of carbonyl (C=O) groups excluding carboxylic acids is 1. The molecule has 2 heterocycles. The summed E-state index contributed by atoms with van der Waals surface area (Å²) in [6.07, 6.45) is 2.24. The average molecular weight is 363 g/mol. The van der Waals surface area contributed by atoms with Crippen LogP contribution in [0.3, 0.4) is 0 Å². The summed E-state index contributed by atoms with van der Waals surface area (Å²) < 4.78 is 13.6. The first kappa shape index (κ1) is 16.1. The van der Waals surface area contributed by atoms with Crippen LogP contribution in [0.2, 0.25) is 0 Å². The van der Waals surface area contributed by atoms with Crippen LogP contribution in [-0.4, -0.2) is 40.0 Å². The Morgan fingerprint density at radius 3 is 2.96 bits per heavy atom. The van der Waals surface area contributed by atoms with Crippen molar-refractivity contribution in [3.8, 4) is 10.4 Å². The predicted molar refractivity (Wildman–Crippen MR) is 95.8 cm³/mol. The maximum Gasteiger partial charge on any atom is 0.274 e. The molecule has 1 atom stereocenters. The third-order valence-corrected chi connectivity index (χ3v) is 6.83. The van der Waals surface area contributed by atoms with E-state index >= 15 is 0 Å². The minimum Gasteiger partial charge on any atom is -0.328 e. The summed E-state index contributed by atoms with van der Waals surface area (Å²) in [5.74, 6) is 0.964. The van der Waals surface area contributed by atoms with Gasteiger partial charge in [-0.2, -0.15) is 0 Å². The summed E-state index contributed by atoms with van der Waals surface area (Å²) >= 11 is 3.22. The Morgan fingerprint density at radius 1 is 1.42 bits per heavy atom. The van der Waals surface area contributed by atoms with Crippen LogP contribution in [-0.2, 0) is 0 Å². The zero-order valence-electron chi connectivity index (χ0n) is 13.1. The second kappa shape index (κ2) is 6.46. The molecule has 24 heavy (non-hydrogen) atoms. The first-order valence-corrected chi connectivity index (χ1v) is 9.93. The zero-order valence-corrected chi connectivity index (χ0v) is 14.7. The molecular formula is C17H18FN3OS2. The van der Waals surface area contributed by atoms with Gasteiger partial charge in [0, 0.05) is 24.8 Å². The fraction of sp³-hybridized carbons (Fsp3) is 0.412. The summed E-state index contributed by atoms with van der Waals surface area (Å²) in [6, 6.07) is 6.39. The number of benzene rings is 1. The first-order chi connectivity index (χ1) is 11.7. The van der Waals surface area contributed by atoms with Gasteiger partial charge in [0.05, 0.1) is 15.3 Å². The Kier molecular flexibility index (Phi) is 4.32. The van der Waals surface area contributed by atoms with Crippen molar-refractivity contribution in [3.63, 3.8) is 0 Å². The number of amides is 1. The molecule has 0 spiro atoms. The second-order valence-electron chi connectivity index (χ2n) is 6.07. The van der Waals surface area contributed by atoms with Crippen LogP contribution in [0.25, 0.3) is 10.4 Å². The number of thioether (sulfide) groups is 1. The van der Waals surface area contributed by atoms with Crippen molar-refractivity contribution in [1.29, 1.82) is 0 Å². The van der Waals surface area contributed by atoms with E-state index in [9.17, 15) is 9.18 Å². The van der Waals surface area contributed by atoms with Crippen molar-refractivity contribution < 1.29 is 9.18 Å². The topological polar surface area (TPSA) is 59.2 Å². The van der Waals surface area contributed by atoms with Crippen molar-refractivity contribution in [2.45, 2.75) is 24.1 Å². The minimum absolute atomic E-state index is 0.00364. The van der Waals surface area contributed by atoms with E-state index < -0.39 is 0 Å². The third-order valence-electron chi connectivity index (χ3n) is 4.31. The number of rotatable bonds is 4. The molecule has 1 unspecified atom stereocenters. The van der Waals surface area contributed by atoms with E-state index in [1.807, 2.05) is 6.07 Å². The highest BCUT2D eigenvalue weighted by molar-refractivity contribution is 8.00. The standard InChI is InChI=1S/C17H18FN3OS2/c18-12-3-1-2-11(8-12)15-14(20-16(24-15)10-4-5-10)17(22)21-6-7-23-13(21)9-19/h1-3,8,10,13H,4-7,9,19H2. The third kappa shape index (κ3) is 2.96. The largest absolute Gasteiger partial charge is 0.328 e. The molecule has 7 heteroatoms. The van der Waals surface area contributed by atoms with Crippen molar-refractivity contribution in [1.82, 2.24) is 9.88 Å². The SMILES string of the molecule is NCC1SCCN1C(=O)c1nc(C2CC2)sc1-c1cccc(F)c1. The Balaban J connectivity index is 1.75. The highest BCUT2D eigenvalue weighted by atomic mass is 32.2. The Morgan fingerprint density at radius 2 is 2.25 bits per heavy atom. The predicted octanol–water partition coefficient (Wildman–Crippen LogP) is 3.30. The molecule has 4 rings (SSSR count). The van der Waals surface area contributed by atoms with E-state index in [-0.39, 0.29) is 17.1 Å². The number of thiazole rings is 1. The summed E-state index contributed by atoms with van der Waals surface area (Å²) in [5, 5.41) is 0.998. The van der Waals surface area contributed by atoms with Gasteiger partial charge < -0.3 is 10.6 Å². The van der Waals surface area contributed by atoms with Crippen LogP contribution < -0.4 is 5.73 Å². The molecule has 2 aliphatic rings. The van der Waals surface area contributed by atoms with Crippen LogP contribution in [0, 0.1) is 5.82 Å². The summed E-state index contributed by atoms with van der Waals surface area (Å²) in [7, 11) is 0. The summed E-state index contributed by atoms with van der Waals surface area (Å²) in [5.41, 5.74) is 6.96. The highest BCUT2D eigenvalue weighted by Gasteiger charge is 2.35. The van der Waals surface area contributed by atoms with Crippen LogP contribution in [0.1, 0.15) is 34.3 Å². The quantitative estimate of drug-likeness (QED) is 0.905. The molecule has 0 radical (unpaired) electrons. The van der Waals surface area contributed by atoms with E-state index in [0.29, 0.717) is 24.7 Å². The van der Waals surface area contributed by atoms with Gasteiger partial charge in [-0.3, -0.25) is 4.79 Å². The van der Waals surface area contributed by atoms with Gasteiger partial charge in [-0.1, -0.05) is 12.1 Å². The normalized spacial score (nSPS) is 20.6. The van der Waals surface area contributed by atoms with E-state index in [1.165, 1.54) is 23.5 Å². The van der Waals surface area contributed by atoms with E-state index in [0.717, 1.165) is 34.0 Å². The summed E-state index contributed by atoms with van der Waals surface area (Å²) in [6.45, 7) is 1.12. The number of aromatic nitrogens is 1. The first-order valence-electron chi connectivity index (χ1n) is 8.06. The Bertz CT molecular complexity index is 775. The fourth-order valence-corrected chi connectivity index (χ4v) is 5.21. The molecule has 1 saturated carbocycles. The molecule has 1 aromatic carbocycles. The van der Waals surface area contributed by atoms with Crippen LogP contribution in [0.4, 0.5) is 4.39 Å². The molecule has 2 fully saturated rings.